The number of rotatable bonds is 4. The van der Waals surface area contributed by atoms with Gasteiger partial charge in [-0.3, -0.25) is 0 Å². The van der Waals surface area contributed by atoms with Crippen molar-refractivity contribution in [2.45, 2.75) is 13.5 Å². The van der Waals surface area contributed by atoms with Crippen molar-refractivity contribution in [1.29, 1.82) is 0 Å². The predicted octanol–water partition coefficient (Wildman–Crippen LogP) is 4.41. The van der Waals surface area contributed by atoms with Gasteiger partial charge in [0.15, 0.2) is 0 Å². The van der Waals surface area contributed by atoms with Gasteiger partial charge < -0.3 is 10.1 Å². The number of hydrogen-bond donors (Lipinski definition) is 1. The van der Waals surface area contributed by atoms with Crippen LogP contribution in [-0.4, -0.2) is 7.11 Å². The summed E-state index contributed by atoms with van der Waals surface area (Å²) in [5, 5.41) is 3.44. The lowest BCUT2D eigenvalue weighted by Crippen LogP contribution is -2.02. The fourth-order valence-electron chi connectivity index (χ4n) is 1.88. The van der Waals surface area contributed by atoms with Crippen molar-refractivity contribution in [1.82, 2.24) is 0 Å². The van der Waals surface area contributed by atoms with E-state index in [-0.39, 0.29) is 5.82 Å². The smallest absolute Gasteiger partial charge is 0.147 e. The number of nitrogens with one attached hydrogen (secondary N) is 1. The molecule has 0 aromatic heterocycles. The summed E-state index contributed by atoms with van der Waals surface area (Å²) in [6.45, 7) is 2.52. The Hall–Kier alpha value is -1.74. The van der Waals surface area contributed by atoms with E-state index in [9.17, 15) is 4.39 Å². The first kappa shape index (κ1) is 13.7. The number of ether oxygens (including phenoxy) is 1. The molecule has 0 fully saturated rings. The molecule has 2 rings (SSSR count). The highest BCUT2D eigenvalue weighted by molar-refractivity contribution is 6.30. The summed E-state index contributed by atoms with van der Waals surface area (Å²) in [4.78, 5) is 0. The second-order valence-electron chi connectivity index (χ2n) is 4.28. The molecular weight excluding hydrogens is 265 g/mol. The first-order chi connectivity index (χ1) is 9.10. The molecule has 100 valence electrons. The topological polar surface area (TPSA) is 21.3 Å². The number of halogens is 2. The van der Waals surface area contributed by atoms with Gasteiger partial charge in [0, 0.05) is 11.6 Å². The number of methoxy groups -OCH3 is 1. The van der Waals surface area contributed by atoms with Crippen molar-refractivity contribution >= 4 is 17.3 Å². The number of anilines is 1. The van der Waals surface area contributed by atoms with Crippen molar-refractivity contribution in [2.24, 2.45) is 0 Å². The zero-order valence-electron chi connectivity index (χ0n) is 10.8. The predicted molar refractivity (Wildman–Crippen MR) is 76.5 cm³/mol. The summed E-state index contributed by atoms with van der Waals surface area (Å²) in [5.74, 6) is 0.499. The van der Waals surface area contributed by atoms with Gasteiger partial charge in [-0.25, -0.2) is 4.39 Å². The molecule has 0 atom stereocenters. The van der Waals surface area contributed by atoms with Crippen LogP contribution in [0, 0.1) is 12.7 Å². The minimum absolute atomic E-state index is 0.349. The third kappa shape index (κ3) is 3.38. The van der Waals surface area contributed by atoms with Gasteiger partial charge in [-0.1, -0.05) is 23.7 Å². The van der Waals surface area contributed by atoms with E-state index >= 15 is 0 Å². The highest BCUT2D eigenvalue weighted by atomic mass is 35.5. The summed E-state index contributed by atoms with van der Waals surface area (Å²) < 4.78 is 18.8. The molecule has 0 saturated carbocycles. The van der Waals surface area contributed by atoms with Crippen molar-refractivity contribution < 1.29 is 9.13 Å². The molecular formula is C15H15ClFNO. The van der Waals surface area contributed by atoms with Crippen LogP contribution >= 0.6 is 11.6 Å². The van der Waals surface area contributed by atoms with Crippen LogP contribution < -0.4 is 10.1 Å². The zero-order chi connectivity index (χ0) is 13.8. The van der Waals surface area contributed by atoms with Crippen LogP contribution in [0.4, 0.5) is 10.1 Å². The highest BCUT2D eigenvalue weighted by Crippen LogP contribution is 2.21. The molecule has 2 aromatic rings. The molecule has 0 aliphatic rings. The van der Waals surface area contributed by atoms with E-state index in [1.807, 2.05) is 25.1 Å². The zero-order valence-corrected chi connectivity index (χ0v) is 11.6. The Kier molecular flexibility index (Phi) is 4.27. The van der Waals surface area contributed by atoms with Gasteiger partial charge in [0.05, 0.1) is 12.8 Å². The molecule has 19 heavy (non-hydrogen) atoms. The average Bonchev–Trinajstić information content (AvgIpc) is 2.38. The van der Waals surface area contributed by atoms with Gasteiger partial charge >= 0.3 is 0 Å². The van der Waals surface area contributed by atoms with Gasteiger partial charge in [0.25, 0.3) is 0 Å². The highest BCUT2D eigenvalue weighted by Gasteiger charge is 2.04. The maximum atomic E-state index is 13.6. The SMILES string of the molecule is COc1ccc(CNc2ccc(Cl)cc2F)cc1C. The maximum absolute atomic E-state index is 13.6. The Morgan fingerprint density at radius 3 is 2.63 bits per heavy atom. The van der Waals surface area contributed by atoms with E-state index in [0.717, 1.165) is 16.9 Å². The summed E-state index contributed by atoms with van der Waals surface area (Å²) in [6.07, 6.45) is 0. The Morgan fingerprint density at radius 2 is 2.00 bits per heavy atom. The van der Waals surface area contributed by atoms with Gasteiger partial charge in [0.1, 0.15) is 11.6 Å². The Balaban J connectivity index is 2.08. The summed E-state index contributed by atoms with van der Waals surface area (Å²) in [5.41, 5.74) is 2.56. The van der Waals surface area contributed by atoms with Gasteiger partial charge in [-0.15, -0.1) is 0 Å². The number of hydrogen-bond acceptors (Lipinski definition) is 2. The third-order valence-corrected chi connectivity index (χ3v) is 3.11. The molecule has 2 nitrogen and oxygen atoms in total. The lowest BCUT2D eigenvalue weighted by molar-refractivity contribution is 0.411. The molecule has 0 bridgehead atoms. The second-order valence-corrected chi connectivity index (χ2v) is 4.72. The molecule has 1 N–H and O–H groups in total. The minimum Gasteiger partial charge on any atom is -0.496 e. The van der Waals surface area contributed by atoms with E-state index < -0.39 is 0 Å². The quantitative estimate of drug-likeness (QED) is 0.895. The Morgan fingerprint density at radius 1 is 1.21 bits per heavy atom. The van der Waals surface area contributed by atoms with Crippen LogP contribution in [-0.2, 0) is 6.54 Å². The maximum Gasteiger partial charge on any atom is 0.147 e. The van der Waals surface area contributed by atoms with E-state index in [4.69, 9.17) is 16.3 Å². The van der Waals surface area contributed by atoms with E-state index in [1.54, 1.807) is 19.2 Å². The standard InChI is InChI=1S/C15H15ClFNO/c1-10-7-11(3-6-15(10)19-2)9-18-14-5-4-12(16)8-13(14)17/h3-8,18H,9H2,1-2H3. The summed E-state index contributed by atoms with van der Waals surface area (Å²) in [7, 11) is 1.64. The molecule has 0 aliphatic heterocycles. The normalized spacial score (nSPS) is 10.3. The third-order valence-electron chi connectivity index (χ3n) is 2.87. The molecule has 0 spiro atoms. The van der Waals surface area contributed by atoms with Gasteiger partial charge in [-0.2, -0.15) is 0 Å². The Labute approximate surface area is 117 Å². The molecule has 0 amide bonds. The van der Waals surface area contributed by atoms with E-state index in [0.29, 0.717) is 17.3 Å². The molecule has 4 heteroatoms. The first-order valence-corrected chi connectivity index (χ1v) is 6.30. The average molecular weight is 280 g/mol. The molecule has 0 aliphatic carbocycles. The monoisotopic (exact) mass is 279 g/mol. The summed E-state index contributed by atoms with van der Waals surface area (Å²) in [6, 6.07) is 10.5. The van der Waals surface area contributed by atoms with Gasteiger partial charge in [-0.05, 0) is 42.3 Å². The minimum atomic E-state index is -0.349. The second kappa shape index (κ2) is 5.93. The van der Waals surface area contributed by atoms with Crippen LogP contribution in [0.5, 0.6) is 5.75 Å². The number of benzene rings is 2. The molecule has 0 radical (unpaired) electrons. The van der Waals surface area contributed by atoms with Gasteiger partial charge in [0.2, 0.25) is 0 Å². The molecule has 0 unspecified atom stereocenters. The van der Waals surface area contributed by atoms with Crippen LogP contribution in [0.3, 0.4) is 0 Å². The first-order valence-electron chi connectivity index (χ1n) is 5.92. The van der Waals surface area contributed by atoms with Crippen molar-refractivity contribution in [2.75, 3.05) is 12.4 Å². The van der Waals surface area contributed by atoms with E-state index in [2.05, 4.69) is 5.32 Å². The van der Waals surface area contributed by atoms with Crippen LogP contribution in [0.1, 0.15) is 11.1 Å². The van der Waals surface area contributed by atoms with E-state index in [1.165, 1.54) is 6.07 Å². The lowest BCUT2D eigenvalue weighted by atomic mass is 10.1. The molecule has 0 saturated heterocycles. The van der Waals surface area contributed by atoms with Crippen LogP contribution in [0.15, 0.2) is 36.4 Å². The number of aryl methyl sites for hydroxylation is 1. The fraction of sp³-hybridized carbons (Fsp3) is 0.200. The van der Waals surface area contributed by atoms with Crippen LogP contribution in [0.2, 0.25) is 5.02 Å². The lowest BCUT2D eigenvalue weighted by Gasteiger charge is -2.10. The van der Waals surface area contributed by atoms with Crippen LogP contribution in [0.25, 0.3) is 0 Å². The van der Waals surface area contributed by atoms with Crippen molar-refractivity contribution in [3.8, 4) is 5.75 Å². The molecule has 2 aromatic carbocycles. The van der Waals surface area contributed by atoms with Crippen molar-refractivity contribution in [3.05, 3.63) is 58.4 Å². The Bertz CT molecular complexity index is 586. The molecule has 0 heterocycles. The largest absolute Gasteiger partial charge is 0.496 e. The van der Waals surface area contributed by atoms with Crippen molar-refractivity contribution in [3.63, 3.8) is 0 Å². The fourth-order valence-corrected chi connectivity index (χ4v) is 2.04. The summed E-state index contributed by atoms with van der Waals surface area (Å²) >= 11 is 5.71.